The largest absolute Gasteiger partial charge is 0.481 e. The molecule has 7 heteroatoms. The van der Waals surface area contributed by atoms with Crippen LogP contribution in [0.1, 0.15) is 44.6 Å². The summed E-state index contributed by atoms with van der Waals surface area (Å²) in [5.74, 6) is -1.96. The Labute approximate surface area is 160 Å². The van der Waals surface area contributed by atoms with Crippen molar-refractivity contribution in [2.45, 2.75) is 55.6 Å². The number of nitrogens with zero attached hydrogens (tertiary/aromatic N) is 1. The van der Waals surface area contributed by atoms with Gasteiger partial charge in [0.2, 0.25) is 5.91 Å². The van der Waals surface area contributed by atoms with E-state index in [0.29, 0.717) is 38.6 Å². The van der Waals surface area contributed by atoms with Crippen LogP contribution in [0.25, 0.3) is 0 Å². The van der Waals surface area contributed by atoms with Gasteiger partial charge in [-0.05, 0) is 44.2 Å². The second-order valence-electron chi connectivity index (χ2n) is 8.10. The van der Waals surface area contributed by atoms with Gasteiger partial charge in [0.05, 0.1) is 10.8 Å². The van der Waals surface area contributed by atoms with Crippen molar-refractivity contribution in [2.24, 2.45) is 11.8 Å². The summed E-state index contributed by atoms with van der Waals surface area (Å²) in [6.45, 7) is 4.29. The Hall–Kier alpha value is -1.89. The first kappa shape index (κ1) is 19.9. The third-order valence-electron chi connectivity index (χ3n) is 5.94. The normalized spacial score (nSPS) is 25.3. The third-order valence-corrected chi connectivity index (χ3v) is 8.45. The lowest BCUT2D eigenvalue weighted by Crippen LogP contribution is -2.56. The summed E-state index contributed by atoms with van der Waals surface area (Å²) < 4.78 is 25.5. The molecule has 27 heavy (non-hydrogen) atoms. The van der Waals surface area contributed by atoms with Crippen LogP contribution in [0, 0.1) is 18.8 Å². The molecule has 0 aromatic heterocycles. The molecule has 0 spiro atoms. The van der Waals surface area contributed by atoms with Crippen molar-refractivity contribution in [3.63, 3.8) is 0 Å². The van der Waals surface area contributed by atoms with Gasteiger partial charge in [0.15, 0.2) is 14.6 Å². The maximum Gasteiger partial charge on any atom is 0.308 e. The Morgan fingerprint density at radius 1 is 1.11 bits per heavy atom. The number of piperidine rings is 1. The lowest BCUT2D eigenvalue weighted by atomic mass is 9.89. The van der Waals surface area contributed by atoms with Crippen LogP contribution in [0.3, 0.4) is 0 Å². The number of carboxylic acids is 1. The molecule has 1 saturated carbocycles. The van der Waals surface area contributed by atoms with Crippen LogP contribution < -0.4 is 0 Å². The Morgan fingerprint density at radius 2 is 1.70 bits per heavy atom. The molecule has 1 aromatic rings. The molecule has 1 aliphatic carbocycles. The molecule has 0 bridgehead atoms. The average Bonchev–Trinajstić information content (AvgIpc) is 3.12. The van der Waals surface area contributed by atoms with Crippen molar-refractivity contribution in [1.29, 1.82) is 0 Å². The first-order valence-corrected chi connectivity index (χ1v) is 11.0. The highest BCUT2D eigenvalue weighted by molar-refractivity contribution is 7.93. The van der Waals surface area contributed by atoms with Gasteiger partial charge < -0.3 is 10.0 Å². The maximum absolute atomic E-state index is 13.5. The van der Waals surface area contributed by atoms with E-state index in [-0.39, 0.29) is 17.4 Å². The van der Waals surface area contributed by atoms with Crippen LogP contribution in [0.15, 0.2) is 29.2 Å². The van der Waals surface area contributed by atoms with Gasteiger partial charge in [-0.25, -0.2) is 8.42 Å². The molecule has 1 aromatic carbocycles. The summed E-state index contributed by atoms with van der Waals surface area (Å²) in [7, 11) is -3.86. The zero-order chi connectivity index (χ0) is 19.8. The van der Waals surface area contributed by atoms with Crippen LogP contribution in [0.5, 0.6) is 0 Å². The molecule has 1 N–H and O–H groups in total. The zero-order valence-corrected chi connectivity index (χ0v) is 16.7. The van der Waals surface area contributed by atoms with Gasteiger partial charge >= 0.3 is 5.97 Å². The molecule has 1 amide bonds. The van der Waals surface area contributed by atoms with Crippen molar-refractivity contribution in [3.8, 4) is 0 Å². The monoisotopic (exact) mass is 393 g/mol. The second-order valence-corrected chi connectivity index (χ2v) is 10.4. The van der Waals surface area contributed by atoms with Crippen LogP contribution in [0.2, 0.25) is 0 Å². The standard InChI is InChI=1S/C20H27NO5S/c1-14-5-7-17(8-6-14)27(25,26)20(9-3-4-10-20)19(24)21-12-15(2)11-16(13-21)18(22)23/h5-8,15-16H,3-4,9-13H2,1-2H3,(H,22,23). The van der Waals surface area contributed by atoms with E-state index < -0.39 is 32.4 Å². The molecule has 3 rings (SSSR count). The minimum Gasteiger partial charge on any atom is -0.481 e. The minimum atomic E-state index is -3.86. The van der Waals surface area contributed by atoms with Crippen LogP contribution >= 0.6 is 0 Å². The smallest absolute Gasteiger partial charge is 0.308 e. The highest BCUT2D eigenvalue weighted by Gasteiger charge is 2.55. The number of likely N-dealkylation sites (tertiary alicyclic amines) is 1. The number of amides is 1. The second kappa shape index (κ2) is 7.26. The fourth-order valence-electron chi connectivity index (χ4n) is 4.47. The fourth-order valence-corrected chi connectivity index (χ4v) is 6.60. The fraction of sp³-hybridized carbons (Fsp3) is 0.600. The zero-order valence-electron chi connectivity index (χ0n) is 15.8. The van der Waals surface area contributed by atoms with E-state index >= 15 is 0 Å². The number of aryl methyl sites for hydroxylation is 1. The van der Waals surface area contributed by atoms with Crippen molar-refractivity contribution in [2.75, 3.05) is 13.1 Å². The predicted molar refractivity (Wildman–Crippen MR) is 101 cm³/mol. The van der Waals surface area contributed by atoms with E-state index in [2.05, 4.69) is 0 Å². The number of carbonyl (C=O) groups excluding carboxylic acids is 1. The Balaban J connectivity index is 1.98. The summed E-state index contributed by atoms with van der Waals surface area (Å²) in [6, 6.07) is 6.61. The van der Waals surface area contributed by atoms with E-state index in [1.807, 2.05) is 13.8 Å². The molecule has 6 nitrogen and oxygen atoms in total. The summed E-state index contributed by atoms with van der Waals surface area (Å²) in [4.78, 5) is 26.6. The van der Waals surface area contributed by atoms with Crippen molar-refractivity contribution < 1.29 is 23.1 Å². The maximum atomic E-state index is 13.5. The summed E-state index contributed by atoms with van der Waals surface area (Å²) in [6.07, 6.45) is 2.47. The summed E-state index contributed by atoms with van der Waals surface area (Å²) in [5.41, 5.74) is 0.954. The lowest BCUT2D eigenvalue weighted by Gasteiger charge is -2.40. The van der Waals surface area contributed by atoms with E-state index in [1.165, 1.54) is 4.90 Å². The molecule has 2 atom stereocenters. The highest BCUT2D eigenvalue weighted by atomic mass is 32.2. The van der Waals surface area contributed by atoms with E-state index in [1.54, 1.807) is 24.3 Å². The number of sulfone groups is 1. The minimum absolute atomic E-state index is 0.0318. The number of aliphatic carboxylic acids is 1. The first-order chi connectivity index (χ1) is 12.7. The predicted octanol–water partition coefficient (Wildman–Crippen LogP) is 2.65. The van der Waals surface area contributed by atoms with E-state index in [9.17, 15) is 23.1 Å². The molecule has 1 aliphatic heterocycles. The van der Waals surface area contributed by atoms with Gasteiger partial charge in [-0.15, -0.1) is 0 Å². The number of hydrogen-bond donors (Lipinski definition) is 1. The van der Waals surface area contributed by atoms with Crippen LogP contribution in [-0.2, 0) is 19.4 Å². The number of rotatable bonds is 4. The van der Waals surface area contributed by atoms with Gasteiger partial charge in [-0.3, -0.25) is 9.59 Å². The highest BCUT2D eigenvalue weighted by Crippen LogP contribution is 2.43. The van der Waals surface area contributed by atoms with E-state index in [0.717, 1.165) is 5.56 Å². The van der Waals surface area contributed by atoms with Crippen molar-refractivity contribution >= 4 is 21.7 Å². The first-order valence-electron chi connectivity index (χ1n) is 9.51. The molecule has 2 unspecified atom stereocenters. The van der Waals surface area contributed by atoms with Crippen LogP contribution in [0.4, 0.5) is 0 Å². The summed E-state index contributed by atoms with van der Waals surface area (Å²) in [5, 5.41) is 9.39. The third kappa shape index (κ3) is 3.49. The number of carboxylic acid groups (broad SMARTS) is 1. The molecular weight excluding hydrogens is 366 g/mol. The topological polar surface area (TPSA) is 91.8 Å². The molecule has 1 heterocycles. The summed E-state index contributed by atoms with van der Waals surface area (Å²) >= 11 is 0. The number of carbonyl (C=O) groups is 2. The van der Waals surface area contributed by atoms with Gasteiger partial charge in [0.25, 0.3) is 0 Å². The van der Waals surface area contributed by atoms with Gasteiger partial charge in [-0.2, -0.15) is 0 Å². The average molecular weight is 394 g/mol. The molecular formula is C20H27NO5S. The SMILES string of the molecule is Cc1ccc(S(=O)(=O)C2(C(=O)N3CC(C)CC(C(=O)O)C3)CCCC2)cc1. The Bertz CT molecular complexity index is 824. The van der Waals surface area contributed by atoms with Gasteiger partial charge in [0.1, 0.15) is 0 Å². The Morgan fingerprint density at radius 3 is 2.26 bits per heavy atom. The molecule has 0 radical (unpaired) electrons. The van der Waals surface area contributed by atoms with Crippen molar-refractivity contribution in [1.82, 2.24) is 4.90 Å². The lowest BCUT2D eigenvalue weighted by molar-refractivity contribution is -0.147. The van der Waals surface area contributed by atoms with E-state index in [4.69, 9.17) is 0 Å². The molecule has 1 saturated heterocycles. The molecule has 148 valence electrons. The Kier molecular flexibility index (Phi) is 5.34. The quantitative estimate of drug-likeness (QED) is 0.849. The van der Waals surface area contributed by atoms with Gasteiger partial charge in [0, 0.05) is 13.1 Å². The van der Waals surface area contributed by atoms with Crippen molar-refractivity contribution in [3.05, 3.63) is 29.8 Å². The van der Waals surface area contributed by atoms with Gasteiger partial charge in [-0.1, -0.05) is 37.5 Å². The number of benzene rings is 1. The molecule has 2 fully saturated rings. The molecule has 2 aliphatic rings. The van der Waals surface area contributed by atoms with Crippen LogP contribution in [-0.4, -0.2) is 48.1 Å². The number of hydrogen-bond acceptors (Lipinski definition) is 4.